The van der Waals surface area contributed by atoms with Crippen molar-refractivity contribution in [3.8, 4) is 11.4 Å². The molecule has 0 amide bonds. The Balaban J connectivity index is 1.86. The quantitative estimate of drug-likeness (QED) is 0.314. The van der Waals surface area contributed by atoms with Crippen LogP contribution in [0.3, 0.4) is 0 Å². The lowest BCUT2D eigenvalue weighted by atomic mass is 9.97. The highest BCUT2D eigenvalue weighted by atomic mass is 32.1. The second-order valence-corrected chi connectivity index (χ2v) is 8.17. The number of hydrogen-bond acceptors (Lipinski definition) is 4. The number of pyridine rings is 1. The third-order valence-corrected chi connectivity index (χ3v) is 6.63. The molecule has 0 spiro atoms. The number of aromatic hydroxyl groups is 1. The predicted molar refractivity (Wildman–Crippen MR) is 119 cm³/mol. The van der Waals surface area contributed by atoms with Gasteiger partial charge in [-0.3, -0.25) is 9.59 Å². The molecule has 0 aliphatic carbocycles. The van der Waals surface area contributed by atoms with Gasteiger partial charge < -0.3 is 5.11 Å². The van der Waals surface area contributed by atoms with E-state index in [2.05, 4.69) is 12.1 Å². The van der Waals surface area contributed by atoms with Crippen molar-refractivity contribution >= 4 is 53.1 Å². The summed E-state index contributed by atoms with van der Waals surface area (Å²) in [5.41, 5.74) is -0.252. The van der Waals surface area contributed by atoms with Crippen molar-refractivity contribution in [1.82, 2.24) is 4.57 Å². The van der Waals surface area contributed by atoms with Crippen molar-refractivity contribution in [3.05, 3.63) is 93.5 Å². The van der Waals surface area contributed by atoms with Gasteiger partial charge in [-0.1, -0.05) is 24.3 Å². The third kappa shape index (κ3) is 2.13. The Labute approximate surface area is 167 Å². The minimum absolute atomic E-state index is 0.0836. The first-order valence-electron chi connectivity index (χ1n) is 9.18. The van der Waals surface area contributed by atoms with Crippen LogP contribution in [0.5, 0.6) is 5.75 Å². The predicted octanol–water partition coefficient (Wildman–Crippen LogP) is 5.02. The summed E-state index contributed by atoms with van der Waals surface area (Å²) in [5.74, 6) is 0.0836. The maximum Gasteiger partial charge on any atom is 0.265 e. The Morgan fingerprint density at radius 2 is 1.28 bits per heavy atom. The fourth-order valence-electron chi connectivity index (χ4n) is 4.20. The minimum Gasteiger partial charge on any atom is -0.508 e. The van der Waals surface area contributed by atoms with E-state index in [1.807, 2.05) is 36.4 Å². The highest BCUT2D eigenvalue weighted by molar-refractivity contribution is 7.25. The van der Waals surface area contributed by atoms with Gasteiger partial charge in [0.05, 0.1) is 5.69 Å². The number of rotatable bonds is 1. The van der Waals surface area contributed by atoms with Gasteiger partial charge >= 0.3 is 0 Å². The van der Waals surface area contributed by atoms with Crippen molar-refractivity contribution < 1.29 is 5.11 Å². The van der Waals surface area contributed by atoms with Crippen LogP contribution in [0, 0.1) is 0 Å². The van der Waals surface area contributed by atoms with Crippen LogP contribution in [0.4, 0.5) is 0 Å². The van der Waals surface area contributed by atoms with Crippen molar-refractivity contribution in [3.63, 3.8) is 0 Å². The van der Waals surface area contributed by atoms with E-state index in [-0.39, 0.29) is 16.9 Å². The maximum absolute atomic E-state index is 13.3. The van der Waals surface area contributed by atoms with Gasteiger partial charge in [-0.05, 0) is 59.3 Å². The molecular formula is C24H13NO3S. The first kappa shape index (κ1) is 16.3. The maximum atomic E-state index is 13.3. The molecule has 29 heavy (non-hydrogen) atoms. The van der Waals surface area contributed by atoms with Gasteiger partial charge in [0, 0.05) is 30.9 Å². The lowest BCUT2D eigenvalue weighted by Gasteiger charge is -2.14. The molecule has 4 aromatic carbocycles. The van der Waals surface area contributed by atoms with Crippen LogP contribution in [0.2, 0.25) is 0 Å². The number of hydrogen-bond donors (Lipinski definition) is 1. The molecule has 6 rings (SSSR count). The molecule has 0 radical (unpaired) electrons. The zero-order valence-corrected chi connectivity index (χ0v) is 15.9. The number of aromatic nitrogens is 1. The largest absolute Gasteiger partial charge is 0.508 e. The molecule has 0 bridgehead atoms. The van der Waals surface area contributed by atoms with E-state index in [9.17, 15) is 14.7 Å². The van der Waals surface area contributed by atoms with E-state index < -0.39 is 0 Å². The summed E-state index contributed by atoms with van der Waals surface area (Å²) >= 11 is 1.66. The third-order valence-electron chi connectivity index (χ3n) is 5.49. The average Bonchev–Trinajstić information content (AvgIpc) is 2.74. The Bertz CT molecular complexity index is 1660. The van der Waals surface area contributed by atoms with Crippen LogP contribution in [-0.2, 0) is 0 Å². The summed E-state index contributed by atoms with van der Waals surface area (Å²) in [7, 11) is 0. The molecule has 0 aliphatic rings. The van der Waals surface area contributed by atoms with Crippen LogP contribution >= 0.6 is 11.3 Å². The van der Waals surface area contributed by atoms with E-state index in [4.69, 9.17) is 0 Å². The average molecular weight is 395 g/mol. The number of nitrogens with zero attached hydrogens (tertiary/aromatic N) is 1. The normalized spacial score (nSPS) is 11.9. The molecule has 0 atom stereocenters. The standard InChI is InChI=1S/C24H13NO3S/c26-14-7-5-13(6-8-14)25-23(27)17-10-9-16-15-3-1-2-4-19(15)29-20-12-11-18(24(25)28)21(17)22(16)20/h1-12,26H. The lowest BCUT2D eigenvalue weighted by molar-refractivity contribution is 0.475. The Hall–Kier alpha value is -3.70. The van der Waals surface area contributed by atoms with E-state index in [1.165, 1.54) is 21.4 Å². The summed E-state index contributed by atoms with van der Waals surface area (Å²) in [4.78, 5) is 26.6. The van der Waals surface area contributed by atoms with Crippen molar-refractivity contribution in [1.29, 1.82) is 0 Å². The molecule has 6 aromatic rings. The summed E-state index contributed by atoms with van der Waals surface area (Å²) in [6, 6.07) is 21.9. The lowest BCUT2D eigenvalue weighted by Crippen LogP contribution is -2.31. The van der Waals surface area contributed by atoms with Crippen LogP contribution in [0.25, 0.3) is 47.4 Å². The molecule has 0 aliphatic heterocycles. The van der Waals surface area contributed by atoms with E-state index >= 15 is 0 Å². The zero-order chi connectivity index (χ0) is 19.7. The first-order chi connectivity index (χ1) is 14.1. The Kier molecular flexibility index (Phi) is 3.17. The van der Waals surface area contributed by atoms with Crippen molar-refractivity contribution in [2.45, 2.75) is 0 Å². The summed E-state index contributed by atoms with van der Waals surface area (Å²) < 4.78 is 3.41. The van der Waals surface area contributed by atoms with Crippen LogP contribution in [-0.4, -0.2) is 9.67 Å². The second-order valence-electron chi connectivity index (χ2n) is 7.08. The molecular weight excluding hydrogens is 382 g/mol. The summed E-state index contributed by atoms with van der Waals surface area (Å²) in [5, 5.41) is 14.5. The van der Waals surface area contributed by atoms with E-state index in [0.29, 0.717) is 16.5 Å². The minimum atomic E-state index is -0.347. The van der Waals surface area contributed by atoms with Gasteiger partial charge in [0.2, 0.25) is 0 Å². The monoisotopic (exact) mass is 395 g/mol. The first-order valence-corrected chi connectivity index (χ1v) is 10.00. The summed E-state index contributed by atoms with van der Waals surface area (Å²) in [6.07, 6.45) is 0. The van der Waals surface area contributed by atoms with Gasteiger partial charge in [-0.15, -0.1) is 11.3 Å². The molecule has 1 N–H and O–H groups in total. The molecule has 0 saturated carbocycles. The highest BCUT2D eigenvalue weighted by Gasteiger charge is 2.18. The second kappa shape index (κ2) is 5.65. The highest BCUT2D eigenvalue weighted by Crippen LogP contribution is 2.39. The number of benzene rings is 4. The summed E-state index contributed by atoms with van der Waals surface area (Å²) in [6.45, 7) is 0. The molecule has 138 valence electrons. The molecule has 2 heterocycles. The Morgan fingerprint density at radius 3 is 2.03 bits per heavy atom. The molecule has 5 heteroatoms. The molecule has 0 saturated heterocycles. The fraction of sp³-hybridized carbons (Fsp3) is 0. The molecule has 2 aromatic heterocycles. The SMILES string of the molecule is O=c1c2ccc3sc4ccccc4c4ccc(c(=O)n1-c1ccc(O)cc1)c2c34. The van der Waals surface area contributed by atoms with Gasteiger partial charge in [0.15, 0.2) is 0 Å². The fourth-order valence-corrected chi connectivity index (χ4v) is 5.32. The molecule has 0 fully saturated rings. The van der Waals surface area contributed by atoms with E-state index in [0.717, 1.165) is 26.2 Å². The van der Waals surface area contributed by atoms with Crippen molar-refractivity contribution in [2.24, 2.45) is 0 Å². The Morgan fingerprint density at radius 1 is 0.621 bits per heavy atom. The zero-order valence-electron chi connectivity index (χ0n) is 15.0. The van der Waals surface area contributed by atoms with E-state index in [1.54, 1.807) is 23.5 Å². The van der Waals surface area contributed by atoms with Gasteiger partial charge in [-0.25, -0.2) is 4.57 Å². The van der Waals surface area contributed by atoms with Crippen LogP contribution in [0.1, 0.15) is 0 Å². The topological polar surface area (TPSA) is 59.3 Å². The number of fused-ring (bicyclic) bond motifs is 2. The smallest absolute Gasteiger partial charge is 0.265 e. The van der Waals surface area contributed by atoms with Crippen LogP contribution in [0.15, 0.2) is 82.4 Å². The molecule has 4 nitrogen and oxygen atoms in total. The van der Waals surface area contributed by atoms with Crippen LogP contribution < -0.4 is 11.1 Å². The number of phenols is 1. The van der Waals surface area contributed by atoms with Gasteiger partial charge in [0.1, 0.15) is 5.75 Å². The van der Waals surface area contributed by atoms with Gasteiger partial charge in [-0.2, -0.15) is 0 Å². The number of phenolic OH excluding ortho intramolecular Hbond substituents is 1. The van der Waals surface area contributed by atoms with Crippen molar-refractivity contribution in [2.75, 3.05) is 0 Å². The molecule has 0 unspecified atom stereocenters. The van der Waals surface area contributed by atoms with Gasteiger partial charge in [0.25, 0.3) is 11.1 Å².